The van der Waals surface area contributed by atoms with Gasteiger partial charge in [0.1, 0.15) is 0 Å². The Balaban J connectivity index is 1.91. The molecule has 19 heavy (non-hydrogen) atoms. The van der Waals surface area contributed by atoms with Gasteiger partial charge in [0.15, 0.2) is 0 Å². The molecule has 3 rings (SSSR count). The van der Waals surface area contributed by atoms with Crippen molar-refractivity contribution in [1.29, 1.82) is 0 Å². The van der Waals surface area contributed by atoms with Crippen molar-refractivity contribution < 1.29 is 0 Å². The highest BCUT2D eigenvalue weighted by Gasteiger charge is 2.32. The molecule has 104 valence electrons. The molecule has 0 radical (unpaired) electrons. The largest absolute Gasteiger partial charge is 0.309 e. The zero-order valence-corrected chi connectivity index (χ0v) is 12.1. The monoisotopic (exact) mass is 258 g/mol. The summed E-state index contributed by atoms with van der Waals surface area (Å²) in [7, 11) is 0. The van der Waals surface area contributed by atoms with Crippen molar-refractivity contribution >= 4 is 0 Å². The Hall–Kier alpha value is -0.860. The number of hydrogen-bond donors (Lipinski definition) is 1. The van der Waals surface area contributed by atoms with Crippen LogP contribution >= 0.6 is 0 Å². The van der Waals surface area contributed by atoms with Gasteiger partial charge in [-0.15, -0.1) is 0 Å². The number of nitrogens with zero attached hydrogens (tertiary/aromatic N) is 1. The smallest absolute Gasteiger partial charge is 0.0480 e. The molecule has 0 spiro atoms. The van der Waals surface area contributed by atoms with Gasteiger partial charge < -0.3 is 5.32 Å². The van der Waals surface area contributed by atoms with Gasteiger partial charge in [0.25, 0.3) is 0 Å². The second-order valence-electron chi connectivity index (χ2n) is 5.94. The maximum absolute atomic E-state index is 3.77. The fourth-order valence-electron chi connectivity index (χ4n) is 3.87. The standard InChI is InChI=1S/C17H26N2/c1-2-18-17-15-10-4-3-8-14(15)9-7-11-16(17)19-12-5-6-13-19/h3-4,8,10,16-18H,2,5-7,9,11-13H2,1H3. The Morgan fingerprint density at radius 3 is 2.74 bits per heavy atom. The lowest BCUT2D eigenvalue weighted by Gasteiger charge is -2.34. The van der Waals surface area contributed by atoms with Crippen LogP contribution in [-0.2, 0) is 6.42 Å². The molecule has 1 aromatic carbocycles. The van der Waals surface area contributed by atoms with Crippen LogP contribution in [0.5, 0.6) is 0 Å². The highest BCUT2D eigenvalue weighted by molar-refractivity contribution is 5.32. The van der Waals surface area contributed by atoms with Crippen molar-refractivity contribution in [3.8, 4) is 0 Å². The lowest BCUT2D eigenvalue weighted by atomic mass is 9.95. The summed E-state index contributed by atoms with van der Waals surface area (Å²) in [5, 5.41) is 3.77. The zero-order valence-electron chi connectivity index (χ0n) is 12.1. The van der Waals surface area contributed by atoms with Crippen molar-refractivity contribution in [3.05, 3.63) is 35.4 Å². The Kier molecular flexibility index (Phi) is 4.19. The number of likely N-dealkylation sites (N-methyl/N-ethyl adjacent to an activating group) is 1. The molecule has 1 aliphatic heterocycles. The number of nitrogens with one attached hydrogen (secondary N) is 1. The average molecular weight is 258 g/mol. The Morgan fingerprint density at radius 1 is 1.16 bits per heavy atom. The number of aryl methyl sites for hydroxylation is 1. The Bertz CT molecular complexity index is 409. The van der Waals surface area contributed by atoms with E-state index in [1.807, 2.05) is 0 Å². The van der Waals surface area contributed by atoms with Crippen LogP contribution < -0.4 is 5.32 Å². The van der Waals surface area contributed by atoms with Crippen LogP contribution in [0, 0.1) is 0 Å². The average Bonchev–Trinajstić information content (AvgIpc) is 2.90. The number of rotatable bonds is 3. The summed E-state index contributed by atoms with van der Waals surface area (Å²) in [6.07, 6.45) is 6.70. The third kappa shape index (κ3) is 2.70. The van der Waals surface area contributed by atoms with Crippen molar-refractivity contribution in [3.63, 3.8) is 0 Å². The number of likely N-dealkylation sites (tertiary alicyclic amines) is 1. The van der Waals surface area contributed by atoms with E-state index in [0.29, 0.717) is 12.1 Å². The molecular weight excluding hydrogens is 232 g/mol. The fourth-order valence-corrected chi connectivity index (χ4v) is 3.87. The predicted molar refractivity (Wildman–Crippen MR) is 80.4 cm³/mol. The van der Waals surface area contributed by atoms with Gasteiger partial charge in [0, 0.05) is 12.1 Å². The molecule has 1 N–H and O–H groups in total. The molecule has 1 aliphatic carbocycles. The van der Waals surface area contributed by atoms with Gasteiger partial charge in [-0.2, -0.15) is 0 Å². The minimum atomic E-state index is 0.529. The molecule has 2 atom stereocenters. The summed E-state index contributed by atoms with van der Waals surface area (Å²) in [4.78, 5) is 2.73. The molecule has 2 heteroatoms. The molecule has 1 fully saturated rings. The zero-order chi connectivity index (χ0) is 13.1. The lowest BCUT2D eigenvalue weighted by molar-refractivity contribution is 0.182. The third-order valence-electron chi connectivity index (χ3n) is 4.75. The van der Waals surface area contributed by atoms with Gasteiger partial charge in [0.2, 0.25) is 0 Å². The van der Waals surface area contributed by atoms with E-state index in [2.05, 4.69) is 41.4 Å². The molecule has 2 unspecified atom stereocenters. The van der Waals surface area contributed by atoms with E-state index < -0.39 is 0 Å². The van der Waals surface area contributed by atoms with Gasteiger partial charge in [-0.1, -0.05) is 31.2 Å². The first-order valence-corrected chi connectivity index (χ1v) is 7.95. The molecule has 1 heterocycles. The predicted octanol–water partition coefficient (Wildman–Crippen LogP) is 3.14. The Morgan fingerprint density at radius 2 is 1.95 bits per heavy atom. The van der Waals surface area contributed by atoms with E-state index >= 15 is 0 Å². The fraction of sp³-hybridized carbons (Fsp3) is 0.647. The summed E-state index contributed by atoms with van der Waals surface area (Å²) >= 11 is 0. The molecule has 2 nitrogen and oxygen atoms in total. The summed E-state index contributed by atoms with van der Waals surface area (Å²) in [6.45, 7) is 5.89. The summed E-state index contributed by atoms with van der Waals surface area (Å²) < 4.78 is 0. The lowest BCUT2D eigenvalue weighted by Crippen LogP contribution is -2.43. The van der Waals surface area contributed by atoms with Crippen molar-refractivity contribution in [2.75, 3.05) is 19.6 Å². The molecule has 0 amide bonds. The second-order valence-corrected chi connectivity index (χ2v) is 5.94. The minimum absolute atomic E-state index is 0.529. The van der Waals surface area contributed by atoms with Crippen LogP contribution in [0.2, 0.25) is 0 Å². The van der Waals surface area contributed by atoms with E-state index in [0.717, 1.165) is 6.54 Å². The molecular formula is C17H26N2. The third-order valence-corrected chi connectivity index (χ3v) is 4.75. The molecule has 0 bridgehead atoms. The number of benzene rings is 1. The van der Waals surface area contributed by atoms with Crippen LogP contribution in [0.1, 0.15) is 49.8 Å². The van der Waals surface area contributed by atoms with Crippen LogP contribution in [0.3, 0.4) is 0 Å². The first-order valence-electron chi connectivity index (χ1n) is 7.95. The van der Waals surface area contributed by atoms with Crippen molar-refractivity contribution in [2.24, 2.45) is 0 Å². The second kappa shape index (κ2) is 6.06. The molecule has 1 saturated heterocycles. The molecule has 2 aliphatic rings. The van der Waals surface area contributed by atoms with Crippen LogP contribution in [0.25, 0.3) is 0 Å². The number of fused-ring (bicyclic) bond motifs is 1. The van der Waals surface area contributed by atoms with Gasteiger partial charge in [-0.3, -0.25) is 4.90 Å². The van der Waals surface area contributed by atoms with Gasteiger partial charge in [-0.05, 0) is 62.9 Å². The van der Waals surface area contributed by atoms with Crippen molar-refractivity contribution in [2.45, 2.75) is 51.1 Å². The SMILES string of the molecule is CCNC1c2ccccc2CCCC1N1CCCC1. The highest BCUT2D eigenvalue weighted by atomic mass is 15.2. The van der Waals surface area contributed by atoms with Gasteiger partial charge >= 0.3 is 0 Å². The maximum Gasteiger partial charge on any atom is 0.0480 e. The number of hydrogen-bond acceptors (Lipinski definition) is 2. The van der Waals surface area contributed by atoms with Crippen molar-refractivity contribution in [1.82, 2.24) is 10.2 Å². The molecule has 0 aromatic heterocycles. The van der Waals surface area contributed by atoms with Gasteiger partial charge in [-0.25, -0.2) is 0 Å². The molecule has 1 aromatic rings. The van der Waals surface area contributed by atoms with E-state index in [9.17, 15) is 0 Å². The topological polar surface area (TPSA) is 15.3 Å². The van der Waals surface area contributed by atoms with E-state index in [4.69, 9.17) is 0 Å². The van der Waals surface area contributed by atoms with Crippen LogP contribution in [0.4, 0.5) is 0 Å². The van der Waals surface area contributed by atoms with E-state index in [1.54, 1.807) is 11.1 Å². The summed E-state index contributed by atoms with van der Waals surface area (Å²) in [6, 6.07) is 10.3. The Labute approximate surface area is 117 Å². The molecule has 0 saturated carbocycles. The maximum atomic E-state index is 3.77. The first-order chi connectivity index (χ1) is 9.40. The summed E-state index contributed by atoms with van der Waals surface area (Å²) in [5.74, 6) is 0. The normalized spacial score (nSPS) is 28.1. The van der Waals surface area contributed by atoms with Gasteiger partial charge in [0.05, 0.1) is 0 Å². The highest BCUT2D eigenvalue weighted by Crippen LogP contribution is 2.33. The van der Waals surface area contributed by atoms with E-state index in [1.165, 1.54) is 45.2 Å². The first kappa shape index (κ1) is 13.1. The van der Waals surface area contributed by atoms with Crippen LogP contribution in [0.15, 0.2) is 24.3 Å². The quantitative estimate of drug-likeness (QED) is 0.838. The summed E-state index contributed by atoms with van der Waals surface area (Å²) in [5.41, 5.74) is 3.12. The van der Waals surface area contributed by atoms with Crippen LogP contribution in [-0.4, -0.2) is 30.6 Å². The van der Waals surface area contributed by atoms with E-state index in [-0.39, 0.29) is 0 Å². The minimum Gasteiger partial charge on any atom is -0.309 e.